The zero-order valence-corrected chi connectivity index (χ0v) is 11.7. The first-order valence-electron chi connectivity index (χ1n) is 6.86. The van der Waals surface area contributed by atoms with Gasteiger partial charge in [0.05, 0.1) is 5.69 Å². The highest BCUT2D eigenvalue weighted by atomic mass is 19.1. The maximum Gasteiger partial charge on any atom is 0.263 e. The van der Waals surface area contributed by atoms with E-state index in [0.29, 0.717) is 5.75 Å². The molecule has 1 heterocycles. The molecule has 0 fully saturated rings. The zero-order valence-electron chi connectivity index (χ0n) is 11.7. The van der Waals surface area contributed by atoms with Crippen LogP contribution in [0.3, 0.4) is 0 Å². The monoisotopic (exact) mass is 289 g/mol. The molecule has 2 aromatic rings. The minimum absolute atomic E-state index is 0.119. The lowest BCUT2D eigenvalue weighted by atomic mass is 10.2. The molecule has 1 aromatic heterocycles. The fourth-order valence-corrected chi connectivity index (χ4v) is 2.52. The average molecular weight is 289 g/mol. The molecule has 1 amide bonds. The lowest BCUT2D eigenvalue weighted by Crippen LogP contribution is -2.22. The normalized spacial score (nSPS) is 13.0. The van der Waals surface area contributed by atoms with E-state index in [4.69, 9.17) is 4.74 Å². The Balaban J connectivity index is 1.61. The molecule has 1 aliphatic carbocycles. The molecule has 0 saturated heterocycles. The number of halogens is 1. The van der Waals surface area contributed by atoms with Crippen LogP contribution in [-0.4, -0.2) is 22.3 Å². The summed E-state index contributed by atoms with van der Waals surface area (Å²) < 4.78 is 19.8. The quantitative estimate of drug-likeness (QED) is 0.937. The molecule has 0 aliphatic heterocycles. The third-order valence-electron chi connectivity index (χ3n) is 3.51. The van der Waals surface area contributed by atoms with Crippen LogP contribution in [-0.2, 0) is 24.7 Å². The summed E-state index contributed by atoms with van der Waals surface area (Å²) in [7, 11) is 1.81. The van der Waals surface area contributed by atoms with Crippen LogP contribution in [0.2, 0.25) is 0 Å². The number of benzene rings is 1. The number of amides is 1. The number of rotatable bonds is 4. The Morgan fingerprint density at radius 2 is 2.14 bits per heavy atom. The summed E-state index contributed by atoms with van der Waals surface area (Å²) in [6, 6.07) is 5.57. The summed E-state index contributed by atoms with van der Waals surface area (Å²) in [5.41, 5.74) is 2.18. The molecule has 5 nitrogen and oxygen atoms in total. The van der Waals surface area contributed by atoms with Crippen LogP contribution in [0, 0.1) is 5.82 Å². The summed E-state index contributed by atoms with van der Waals surface area (Å²) in [5.74, 6) is 0.617. The standard InChI is InChI=1S/C15H16FN3O2/c1-19-15(12-3-2-4-13(12)18-19)17-14(20)9-21-11-7-5-10(16)6-8-11/h5-8H,2-4,9H2,1H3,(H,17,20). The van der Waals surface area contributed by atoms with Gasteiger partial charge in [-0.25, -0.2) is 4.39 Å². The largest absolute Gasteiger partial charge is 0.484 e. The fourth-order valence-electron chi connectivity index (χ4n) is 2.52. The number of carbonyl (C=O) groups is 1. The third-order valence-corrected chi connectivity index (χ3v) is 3.51. The topological polar surface area (TPSA) is 56.2 Å². The lowest BCUT2D eigenvalue weighted by Gasteiger charge is -2.09. The van der Waals surface area contributed by atoms with E-state index in [2.05, 4.69) is 10.4 Å². The van der Waals surface area contributed by atoms with Gasteiger partial charge in [-0.15, -0.1) is 0 Å². The second kappa shape index (κ2) is 5.55. The molecule has 0 unspecified atom stereocenters. The van der Waals surface area contributed by atoms with Gasteiger partial charge in [0.15, 0.2) is 6.61 Å². The highest BCUT2D eigenvalue weighted by Gasteiger charge is 2.22. The molecule has 3 rings (SSSR count). The molecular weight excluding hydrogens is 273 g/mol. The number of nitrogens with zero attached hydrogens (tertiary/aromatic N) is 2. The predicted molar refractivity (Wildman–Crippen MR) is 75.8 cm³/mol. The molecule has 0 saturated carbocycles. The van der Waals surface area contributed by atoms with E-state index in [9.17, 15) is 9.18 Å². The molecule has 0 bridgehead atoms. The van der Waals surface area contributed by atoms with Gasteiger partial charge in [-0.2, -0.15) is 5.10 Å². The van der Waals surface area contributed by atoms with Crippen LogP contribution in [0.4, 0.5) is 10.2 Å². The van der Waals surface area contributed by atoms with Gasteiger partial charge in [-0.3, -0.25) is 9.48 Å². The Labute approximate surface area is 121 Å². The van der Waals surface area contributed by atoms with Crippen molar-refractivity contribution in [2.24, 2.45) is 7.05 Å². The van der Waals surface area contributed by atoms with Crippen LogP contribution in [0.15, 0.2) is 24.3 Å². The maximum absolute atomic E-state index is 12.8. The number of anilines is 1. The van der Waals surface area contributed by atoms with E-state index in [1.807, 2.05) is 7.05 Å². The van der Waals surface area contributed by atoms with Crippen LogP contribution in [0.1, 0.15) is 17.7 Å². The van der Waals surface area contributed by atoms with Crippen molar-refractivity contribution in [3.05, 3.63) is 41.3 Å². The summed E-state index contributed by atoms with van der Waals surface area (Å²) in [4.78, 5) is 12.0. The summed E-state index contributed by atoms with van der Waals surface area (Å²) in [5, 5.41) is 7.23. The molecular formula is C15H16FN3O2. The van der Waals surface area contributed by atoms with Crippen LogP contribution in [0.25, 0.3) is 0 Å². The smallest absolute Gasteiger partial charge is 0.263 e. The van der Waals surface area contributed by atoms with E-state index >= 15 is 0 Å². The second-order valence-electron chi connectivity index (χ2n) is 5.04. The number of hydrogen-bond donors (Lipinski definition) is 1. The minimum Gasteiger partial charge on any atom is -0.484 e. The van der Waals surface area contributed by atoms with Gasteiger partial charge in [0.2, 0.25) is 0 Å². The molecule has 0 atom stereocenters. The summed E-state index contributed by atoms with van der Waals surface area (Å²) >= 11 is 0. The Morgan fingerprint density at radius 3 is 2.90 bits per heavy atom. The van der Waals surface area contributed by atoms with Crippen molar-refractivity contribution < 1.29 is 13.9 Å². The SMILES string of the molecule is Cn1nc2c(c1NC(=O)COc1ccc(F)cc1)CCC2. The number of ether oxygens (including phenoxy) is 1. The number of carbonyl (C=O) groups excluding carboxylic acids is 1. The maximum atomic E-state index is 12.8. The molecule has 1 aromatic carbocycles. The van der Waals surface area contributed by atoms with Gasteiger partial charge in [-0.1, -0.05) is 0 Å². The van der Waals surface area contributed by atoms with Gasteiger partial charge in [-0.05, 0) is 43.5 Å². The molecule has 1 N–H and O–H groups in total. The summed E-state index contributed by atoms with van der Waals surface area (Å²) in [6.07, 6.45) is 2.98. The van der Waals surface area contributed by atoms with E-state index in [1.54, 1.807) is 4.68 Å². The Morgan fingerprint density at radius 1 is 1.38 bits per heavy atom. The average Bonchev–Trinajstić information content (AvgIpc) is 3.01. The summed E-state index contributed by atoms with van der Waals surface area (Å²) in [6.45, 7) is -0.119. The Bertz CT molecular complexity index is 664. The number of nitrogens with one attached hydrogen (secondary N) is 1. The Hall–Kier alpha value is -2.37. The van der Waals surface area contributed by atoms with Crippen molar-refractivity contribution in [1.82, 2.24) is 9.78 Å². The van der Waals surface area contributed by atoms with Crippen molar-refractivity contribution in [1.29, 1.82) is 0 Å². The zero-order chi connectivity index (χ0) is 14.8. The number of hydrogen-bond acceptors (Lipinski definition) is 3. The first-order chi connectivity index (χ1) is 10.1. The van der Waals surface area contributed by atoms with Crippen molar-refractivity contribution in [2.45, 2.75) is 19.3 Å². The fraction of sp³-hybridized carbons (Fsp3) is 0.333. The first kappa shape index (κ1) is 13.6. The van der Waals surface area contributed by atoms with E-state index < -0.39 is 0 Å². The molecule has 6 heteroatoms. The minimum atomic E-state index is -0.336. The van der Waals surface area contributed by atoms with Gasteiger partial charge < -0.3 is 10.1 Å². The van der Waals surface area contributed by atoms with E-state index in [0.717, 1.165) is 36.3 Å². The van der Waals surface area contributed by atoms with Crippen molar-refractivity contribution in [3.8, 4) is 5.75 Å². The number of aromatic nitrogens is 2. The molecule has 110 valence electrons. The first-order valence-corrected chi connectivity index (χ1v) is 6.86. The molecule has 1 aliphatic rings. The van der Waals surface area contributed by atoms with Gasteiger partial charge in [0.1, 0.15) is 17.4 Å². The third kappa shape index (κ3) is 2.89. The van der Waals surface area contributed by atoms with Crippen molar-refractivity contribution in [3.63, 3.8) is 0 Å². The molecule has 21 heavy (non-hydrogen) atoms. The van der Waals surface area contributed by atoms with Gasteiger partial charge in [0.25, 0.3) is 5.91 Å². The highest BCUT2D eigenvalue weighted by Crippen LogP contribution is 2.27. The van der Waals surface area contributed by atoms with Crippen molar-refractivity contribution >= 4 is 11.7 Å². The number of aryl methyl sites for hydroxylation is 2. The second-order valence-corrected chi connectivity index (χ2v) is 5.04. The lowest BCUT2D eigenvalue weighted by molar-refractivity contribution is -0.118. The van der Waals surface area contributed by atoms with Crippen LogP contribution < -0.4 is 10.1 Å². The van der Waals surface area contributed by atoms with Crippen molar-refractivity contribution in [2.75, 3.05) is 11.9 Å². The van der Waals surface area contributed by atoms with Crippen LogP contribution in [0.5, 0.6) is 5.75 Å². The highest BCUT2D eigenvalue weighted by molar-refractivity contribution is 5.92. The molecule has 0 spiro atoms. The number of fused-ring (bicyclic) bond motifs is 1. The molecule has 0 radical (unpaired) electrons. The van der Waals surface area contributed by atoms with Crippen LogP contribution >= 0.6 is 0 Å². The predicted octanol–water partition coefficient (Wildman–Crippen LogP) is 2.07. The Kier molecular flexibility index (Phi) is 3.60. The van der Waals surface area contributed by atoms with Gasteiger partial charge >= 0.3 is 0 Å². The van der Waals surface area contributed by atoms with E-state index in [-0.39, 0.29) is 18.3 Å². The van der Waals surface area contributed by atoms with Gasteiger partial charge in [0, 0.05) is 12.6 Å². The van der Waals surface area contributed by atoms with E-state index in [1.165, 1.54) is 24.3 Å².